The van der Waals surface area contributed by atoms with Gasteiger partial charge in [-0.2, -0.15) is 0 Å². The molecule has 0 amide bonds. The molecule has 3 nitrogen and oxygen atoms in total. The van der Waals surface area contributed by atoms with E-state index in [0.29, 0.717) is 0 Å². The summed E-state index contributed by atoms with van der Waals surface area (Å²) in [5, 5.41) is 0. The lowest BCUT2D eigenvalue weighted by Gasteiger charge is -2.36. The summed E-state index contributed by atoms with van der Waals surface area (Å²) >= 11 is 0. The van der Waals surface area contributed by atoms with Crippen LogP contribution in [0.1, 0.15) is 12.5 Å². The average Bonchev–Trinajstić information content (AvgIpc) is 2.56. The summed E-state index contributed by atoms with van der Waals surface area (Å²) in [5.74, 6) is 0. The van der Waals surface area contributed by atoms with Crippen LogP contribution in [0.5, 0.6) is 0 Å². The van der Waals surface area contributed by atoms with Crippen LogP contribution in [0.3, 0.4) is 0 Å². The van der Waals surface area contributed by atoms with Crippen molar-refractivity contribution in [2.75, 3.05) is 44.7 Å². The second kappa shape index (κ2) is 6.35. The Morgan fingerprint density at radius 1 is 1.05 bits per heavy atom. The quantitative estimate of drug-likeness (QED) is 0.844. The molecule has 0 N–H and O–H groups in total. The molecular formula is C18H25N3. The second-order valence-electron chi connectivity index (χ2n) is 5.87. The highest BCUT2D eigenvalue weighted by molar-refractivity contribution is 5.57. The van der Waals surface area contributed by atoms with Gasteiger partial charge in [0.15, 0.2) is 0 Å². The van der Waals surface area contributed by atoms with Crippen molar-refractivity contribution < 1.29 is 0 Å². The van der Waals surface area contributed by atoms with Crippen molar-refractivity contribution in [1.29, 1.82) is 0 Å². The molecule has 1 aromatic carbocycles. The number of anilines is 1. The summed E-state index contributed by atoms with van der Waals surface area (Å²) in [6.45, 7) is 7.78. The number of para-hydroxylation sites is 1. The standard InChI is InChI=1S/C18H25N3/c1-3-16-6-4-5-7-18(16)21-10-8-17(9-11-21)20-14-12-19(2)13-15-20/h4-10H,3,11-15H2,1-2H3. The first-order valence-corrected chi connectivity index (χ1v) is 7.94. The Labute approximate surface area is 128 Å². The number of benzene rings is 1. The van der Waals surface area contributed by atoms with Crippen LogP contribution in [0.15, 0.2) is 48.3 Å². The number of allylic oxidation sites excluding steroid dienone is 1. The lowest BCUT2D eigenvalue weighted by Crippen LogP contribution is -2.44. The number of likely N-dealkylation sites (N-methyl/N-ethyl adjacent to an activating group) is 1. The van der Waals surface area contributed by atoms with Crippen LogP contribution in [0, 0.1) is 0 Å². The van der Waals surface area contributed by atoms with E-state index >= 15 is 0 Å². The maximum atomic E-state index is 2.50. The second-order valence-corrected chi connectivity index (χ2v) is 5.87. The lowest BCUT2D eigenvalue weighted by molar-refractivity contribution is 0.189. The third-order valence-corrected chi connectivity index (χ3v) is 4.47. The van der Waals surface area contributed by atoms with Crippen LogP contribution >= 0.6 is 0 Å². The van der Waals surface area contributed by atoms with Crippen LogP contribution in [0.2, 0.25) is 0 Å². The van der Waals surface area contributed by atoms with Crippen molar-refractivity contribution in [3.8, 4) is 0 Å². The Balaban J connectivity index is 1.68. The predicted molar refractivity (Wildman–Crippen MR) is 89.5 cm³/mol. The zero-order chi connectivity index (χ0) is 14.7. The predicted octanol–water partition coefficient (Wildman–Crippen LogP) is 2.71. The van der Waals surface area contributed by atoms with Crippen LogP contribution in [0.4, 0.5) is 5.69 Å². The zero-order valence-electron chi connectivity index (χ0n) is 13.1. The number of piperazine rings is 1. The molecule has 3 heteroatoms. The Kier molecular flexibility index (Phi) is 4.30. The monoisotopic (exact) mass is 283 g/mol. The van der Waals surface area contributed by atoms with Gasteiger partial charge in [0.1, 0.15) is 0 Å². The molecule has 0 saturated carbocycles. The van der Waals surface area contributed by atoms with Gasteiger partial charge in [0.2, 0.25) is 0 Å². The molecule has 0 bridgehead atoms. The van der Waals surface area contributed by atoms with E-state index in [2.05, 4.69) is 71.3 Å². The Bertz CT molecular complexity index is 539. The summed E-state index contributed by atoms with van der Waals surface area (Å²) in [6.07, 6.45) is 7.94. The largest absolute Gasteiger partial charge is 0.369 e. The Hall–Kier alpha value is -1.74. The highest BCUT2D eigenvalue weighted by Crippen LogP contribution is 2.24. The van der Waals surface area contributed by atoms with E-state index in [4.69, 9.17) is 0 Å². The van der Waals surface area contributed by atoms with Crippen molar-refractivity contribution in [2.24, 2.45) is 0 Å². The first-order chi connectivity index (χ1) is 10.3. The molecule has 0 radical (unpaired) electrons. The number of nitrogens with zero attached hydrogens (tertiary/aromatic N) is 3. The smallest absolute Gasteiger partial charge is 0.0441 e. The fourth-order valence-electron chi connectivity index (χ4n) is 3.05. The minimum Gasteiger partial charge on any atom is -0.369 e. The summed E-state index contributed by atoms with van der Waals surface area (Å²) in [4.78, 5) is 7.24. The molecule has 0 aliphatic carbocycles. The SMILES string of the molecule is CCc1ccccc1N1C=CC(N2CCN(C)CC2)=CC1. The molecule has 0 unspecified atom stereocenters. The topological polar surface area (TPSA) is 9.72 Å². The van der Waals surface area contributed by atoms with Crippen molar-refractivity contribution in [3.63, 3.8) is 0 Å². The van der Waals surface area contributed by atoms with Crippen molar-refractivity contribution in [2.45, 2.75) is 13.3 Å². The van der Waals surface area contributed by atoms with Gasteiger partial charge >= 0.3 is 0 Å². The molecule has 3 rings (SSSR count). The molecule has 0 atom stereocenters. The molecule has 2 aliphatic rings. The minimum atomic E-state index is 0.967. The third kappa shape index (κ3) is 3.13. The lowest BCUT2D eigenvalue weighted by atomic mass is 10.1. The van der Waals surface area contributed by atoms with Crippen molar-refractivity contribution in [1.82, 2.24) is 9.80 Å². The van der Waals surface area contributed by atoms with Crippen LogP contribution in [-0.2, 0) is 6.42 Å². The summed E-state index contributed by atoms with van der Waals surface area (Å²) in [5.41, 5.74) is 4.14. The summed E-state index contributed by atoms with van der Waals surface area (Å²) < 4.78 is 0. The third-order valence-electron chi connectivity index (χ3n) is 4.47. The van der Waals surface area contributed by atoms with Crippen molar-refractivity contribution in [3.05, 3.63) is 53.9 Å². The van der Waals surface area contributed by atoms with Gasteiger partial charge in [-0.1, -0.05) is 25.1 Å². The van der Waals surface area contributed by atoms with Gasteiger partial charge in [0, 0.05) is 50.3 Å². The fraction of sp³-hybridized carbons (Fsp3) is 0.444. The van der Waals surface area contributed by atoms with Gasteiger partial charge in [-0.3, -0.25) is 0 Å². The molecule has 21 heavy (non-hydrogen) atoms. The summed E-state index contributed by atoms with van der Waals surface area (Å²) in [7, 11) is 2.20. The van der Waals surface area contributed by atoms with Gasteiger partial charge in [-0.05, 0) is 37.3 Å². The Morgan fingerprint density at radius 2 is 1.81 bits per heavy atom. The number of aryl methyl sites for hydroxylation is 1. The maximum absolute atomic E-state index is 2.50. The van der Waals surface area contributed by atoms with E-state index in [1.165, 1.54) is 16.9 Å². The van der Waals surface area contributed by atoms with Crippen LogP contribution in [-0.4, -0.2) is 49.6 Å². The average molecular weight is 283 g/mol. The van der Waals surface area contributed by atoms with E-state index in [9.17, 15) is 0 Å². The molecule has 2 aliphatic heterocycles. The van der Waals surface area contributed by atoms with Gasteiger partial charge in [0.25, 0.3) is 0 Å². The minimum absolute atomic E-state index is 0.967. The Morgan fingerprint density at radius 3 is 2.48 bits per heavy atom. The molecular weight excluding hydrogens is 258 g/mol. The van der Waals surface area contributed by atoms with Crippen LogP contribution in [0.25, 0.3) is 0 Å². The molecule has 2 heterocycles. The van der Waals surface area contributed by atoms with Gasteiger partial charge in [0.05, 0.1) is 0 Å². The first-order valence-electron chi connectivity index (χ1n) is 7.94. The van der Waals surface area contributed by atoms with E-state index in [1.54, 1.807) is 0 Å². The fourth-order valence-corrected chi connectivity index (χ4v) is 3.05. The van der Waals surface area contributed by atoms with E-state index in [1.807, 2.05) is 0 Å². The molecule has 1 fully saturated rings. The molecule has 0 aromatic heterocycles. The van der Waals surface area contributed by atoms with Crippen LogP contribution < -0.4 is 4.90 Å². The summed E-state index contributed by atoms with van der Waals surface area (Å²) in [6, 6.07) is 8.70. The van der Waals surface area contributed by atoms with E-state index in [-0.39, 0.29) is 0 Å². The molecule has 1 saturated heterocycles. The van der Waals surface area contributed by atoms with E-state index in [0.717, 1.165) is 39.1 Å². The maximum Gasteiger partial charge on any atom is 0.0441 e. The molecule has 1 aromatic rings. The number of rotatable bonds is 3. The number of hydrogen-bond donors (Lipinski definition) is 0. The first kappa shape index (κ1) is 14.2. The normalized spacial score (nSPS) is 19.8. The zero-order valence-corrected chi connectivity index (χ0v) is 13.1. The molecule has 112 valence electrons. The molecule has 0 spiro atoms. The van der Waals surface area contributed by atoms with Gasteiger partial charge in [-0.15, -0.1) is 0 Å². The van der Waals surface area contributed by atoms with E-state index < -0.39 is 0 Å². The number of hydrogen-bond acceptors (Lipinski definition) is 3. The van der Waals surface area contributed by atoms with Gasteiger partial charge in [-0.25, -0.2) is 0 Å². The van der Waals surface area contributed by atoms with Gasteiger partial charge < -0.3 is 14.7 Å². The van der Waals surface area contributed by atoms with Crippen molar-refractivity contribution >= 4 is 5.69 Å². The highest BCUT2D eigenvalue weighted by atomic mass is 15.3. The highest BCUT2D eigenvalue weighted by Gasteiger charge is 2.17.